The van der Waals surface area contributed by atoms with Crippen LogP contribution in [0.3, 0.4) is 0 Å². The molecule has 1 fully saturated rings. The first-order valence-corrected chi connectivity index (χ1v) is 6.97. The van der Waals surface area contributed by atoms with Gasteiger partial charge in [0, 0.05) is 6.54 Å². The Kier molecular flexibility index (Phi) is 4.28. The molecule has 0 heterocycles. The topological polar surface area (TPSA) is 75.3 Å². The van der Waals surface area contributed by atoms with Crippen LogP contribution in [0.15, 0.2) is 18.2 Å². The molecule has 0 saturated heterocycles. The van der Waals surface area contributed by atoms with E-state index in [0.29, 0.717) is 12.5 Å². The fraction of sp³-hybridized carbons (Fsp3) is 0.533. The summed E-state index contributed by atoms with van der Waals surface area (Å²) in [5.41, 5.74) is 5.34. The molecule has 0 bridgehead atoms. The van der Waals surface area contributed by atoms with Crippen LogP contribution in [-0.4, -0.2) is 23.1 Å². The highest BCUT2D eigenvalue weighted by Gasteiger charge is 2.35. The molecule has 1 aliphatic carbocycles. The lowest BCUT2D eigenvalue weighted by Gasteiger charge is -2.39. The molecule has 0 unspecified atom stereocenters. The predicted molar refractivity (Wildman–Crippen MR) is 74.9 cm³/mol. The van der Waals surface area contributed by atoms with Crippen molar-refractivity contribution in [3.8, 4) is 5.75 Å². The molecule has 0 radical (unpaired) electrons. The molecule has 0 aliphatic heterocycles. The zero-order valence-corrected chi connectivity index (χ0v) is 11.7. The van der Waals surface area contributed by atoms with E-state index in [1.54, 1.807) is 0 Å². The number of amides is 1. The number of aromatic hydroxyl groups is 1. The summed E-state index contributed by atoms with van der Waals surface area (Å²) in [4.78, 5) is 12.2. The number of nitrogens with two attached hydrogens (primary N) is 1. The lowest BCUT2D eigenvalue weighted by Crippen LogP contribution is -2.55. The molecule has 20 heavy (non-hydrogen) atoms. The SMILES string of the molecule is CC1CCC(CN)(NC(=O)c2cc(F)ccc2O)CC1. The van der Waals surface area contributed by atoms with E-state index in [9.17, 15) is 14.3 Å². The molecule has 1 aliphatic rings. The van der Waals surface area contributed by atoms with E-state index >= 15 is 0 Å². The van der Waals surface area contributed by atoms with Crippen LogP contribution < -0.4 is 11.1 Å². The number of carbonyl (C=O) groups excluding carboxylic acids is 1. The van der Waals surface area contributed by atoms with Crippen molar-refractivity contribution in [1.82, 2.24) is 5.32 Å². The third-order valence-electron chi connectivity index (χ3n) is 4.20. The molecule has 0 atom stereocenters. The van der Waals surface area contributed by atoms with Gasteiger partial charge in [-0.1, -0.05) is 6.92 Å². The van der Waals surface area contributed by atoms with Gasteiger partial charge in [-0.2, -0.15) is 0 Å². The van der Waals surface area contributed by atoms with E-state index in [2.05, 4.69) is 12.2 Å². The quantitative estimate of drug-likeness (QED) is 0.794. The summed E-state index contributed by atoms with van der Waals surface area (Å²) < 4.78 is 13.2. The van der Waals surface area contributed by atoms with Crippen LogP contribution in [-0.2, 0) is 0 Å². The number of hydrogen-bond acceptors (Lipinski definition) is 3. The molecule has 0 aromatic heterocycles. The first-order valence-electron chi connectivity index (χ1n) is 6.97. The van der Waals surface area contributed by atoms with Gasteiger partial charge in [-0.15, -0.1) is 0 Å². The van der Waals surface area contributed by atoms with Crippen molar-refractivity contribution in [1.29, 1.82) is 0 Å². The summed E-state index contributed by atoms with van der Waals surface area (Å²) in [7, 11) is 0. The molecule has 1 aromatic carbocycles. The van der Waals surface area contributed by atoms with Crippen molar-refractivity contribution in [2.45, 2.75) is 38.1 Å². The minimum absolute atomic E-state index is 0.0450. The summed E-state index contributed by atoms with van der Waals surface area (Å²) in [5.74, 6) is -0.608. The molecule has 4 nitrogen and oxygen atoms in total. The third kappa shape index (κ3) is 3.10. The maximum Gasteiger partial charge on any atom is 0.255 e. The summed E-state index contributed by atoms with van der Waals surface area (Å²) in [6.45, 7) is 2.53. The summed E-state index contributed by atoms with van der Waals surface area (Å²) >= 11 is 0. The second-order valence-electron chi connectivity index (χ2n) is 5.78. The van der Waals surface area contributed by atoms with Crippen LogP contribution >= 0.6 is 0 Å². The molecule has 1 aromatic rings. The number of benzene rings is 1. The lowest BCUT2D eigenvalue weighted by molar-refractivity contribution is 0.0857. The number of phenols is 1. The Morgan fingerprint density at radius 3 is 2.75 bits per heavy atom. The first kappa shape index (κ1) is 14.8. The largest absolute Gasteiger partial charge is 0.507 e. The highest BCUT2D eigenvalue weighted by atomic mass is 19.1. The van der Waals surface area contributed by atoms with Crippen LogP contribution in [0.1, 0.15) is 43.0 Å². The molecule has 1 saturated carbocycles. The van der Waals surface area contributed by atoms with Crippen molar-refractivity contribution in [3.05, 3.63) is 29.6 Å². The van der Waals surface area contributed by atoms with E-state index in [1.165, 1.54) is 6.07 Å². The van der Waals surface area contributed by atoms with Crippen molar-refractivity contribution in [2.75, 3.05) is 6.54 Å². The van der Waals surface area contributed by atoms with Crippen molar-refractivity contribution in [3.63, 3.8) is 0 Å². The van der Waals surface area contributed by atoms with Gasteiger partial charge in [0.2, 0.25) is 0 Å². The average Bonchev–Trinajstić information content (AvgIpc) is 2.44. The smallest absolute Gasteiger partial charge is 0.255 e. The number of rotatable bonds is 3. The number of nitrogens with one attached hydrogen (secondary N) is 1. The van der Waals surface area contributed by atoms with Crippen LogP contribution in [0.5, 0.6) is 5.75 Å². The maximum atomic E-state index is 13.2. The highest BCUT2D eigenvalue weighted by molar-refractivity contribution is 5.97. The van der Waals surface area contributed by atoms with Gasteiger partial charge < -0.3 is 16.2 Å². The van der Waals surface area contributed by atoms with E-state index in [0.717, 1.165) is 37.8 Å². The molecule has 2 rings (SSSR count). The number of hydrogen-bond donors (Lipinski definition) is 3. The van der Waals surface area contributed by atoms with Crippen LogP contribution in [0.2, 0.25) is 0 Å². The van der Waals surface area contributed by atoms with E-state index in [-0.39, 0.29) is 11.3 Å². The molecular weight excluding hydrogens is 259 g/mol. The fourth-order valence-electron chi connectivity index (χ4n) is 2.69. The van der Waals surface area contributed by atoms with Crippen LogP contribution in [0.25, 0.3) is 0 Å². The average molecular weight is 280 g/mol. The second-order valence-corrected chi connectivity index (χ2v) is 5.78. The van der Waals surface area contributed by atoms with Gasteiger partial charge in [0.15, 0.2) is 0 Å². The monoisotopic (exact) mass is 280 g/mol. The van der Waals surface area contributed by atoms with Gasteiger partial charge in [-0.3, -0.25) is 4.79 Å². The van der Waals surface area contributed by atoms with E-state index in [4.69, 9.17) is 5.73 Å². The normalized spacial score (nSPS) is 26.2. The Hall–Kier alpha value is -1.62. The zero-order valence-electron chi connectivity index (χ0n) is 11.7. The van der Waals surface area contributed by atoms with Gasteiger partial charge in [0.25, 0.3) is 5.91 Å². The maximum absolute atomic E-state index is 13.2. The van der Waals surface area contributed by atoms with Gasteiger partial charge in [-0.05, 0) is 49.8 Å². The molecule has 0 spiro atoms. The Bertz CT molecular complexity index is 497. The third-order valence-corrected chi connectivity index (χ3v) is 4.20. The second kappa shape index (κ2) is 5.79. The number of phenolic OH excluding ortho intramolecular Hbond substituents is 1. The van der Waals surface area contributed by atoms with Crippen molar-refractivity contribution >= 4 is 5.91 Å². The minimum atomic E-state index is -0.549. The molecule has 5 heteroatoms. The molecule has 4 N–H and O–H groups in total. The van der Waals surface area contributed by atoms with Gasteiger partial charge in [0.1, 0.15) is 11.6 Å². The summed E-state index contributed by atoms with van der Waals surface area (Å²) in [6, 6.07) is 3.34. The molecule has 110 valence electrons. The number of halogens is 1. The summed E-state index contributed by atoms with van der Waals surface area (Å²) in [5, 5.41) is 12.6. The van der Waals surface area contributed by atoms with Gasteiger partial charge >= 0.3 is 0 Å². The van der Waals surface area contributed by atoms with Gasteiger partial charge in [0.05, 0.1) is 11.1 Å². The number of carbonyl (C=O) groups is 1. The van der Waals surface area contributed by atoms with Crippen molar-refractivity contribution < 1.29 is 14.3 Å². The summed E-state index contributed by atoms with van der Waals surface area (Å²) in [6.07, 6.45) is 3.64. The Balaban J connectivity index is 2.15. The predicted octanol–water partition coefficient (Wildman–Crippen LogP) is 2.17. The van der Waals surface area contributed by atoms with E-state index in [1.807, 2.05) is 0 Å². The minimum Gasteiger partial charge on any atom is -0.507 e. The molecule has 1 amide bonds. The highest BCUT2D eigenvalue weighted by Crippen LogP contribution is 2.32. The van der Waals surface area contributed by atoms with E-state index < -0.39 is 17.3 Å². The Labute approximate surface area is 118 Å². The Morgan fingerprint density at radius 2 is 2.15 bits per heavy atom. The molecular formula is C15H21FN2O2. The fourth-order valence-corrected chi connectivity index (χ4v) is 2.69. The Morgan fingerprint density at radius 1 is 1.50 bits per heavy atom. The van der Waals surface area contributed by atoms with Crippen LogP contribution in [0.4, 0.5) is 4.39 Å². The van der Waals surface area contributed by atoms with Gasteiger partial charge in [-0.25, -0.2) is 4.39 Å². The van der Waals surface area contributed by atoms with Crippen LogP contribution in [0, 0.1) is 11.7 Å². The van der Waals surface area contributed by atoms with Crippen molar-refractivity contribution in [2.24, 2.45) is 11.7 Å². The first-order chi connectivity index (χ1) is 9.46. The zero-order chi connectivity index (χ0) is 14.8. The standard InChI is InChI=1S/C15H21FN2O2/c1-10-4-6-15(9-17,7-5-10)18-14(20)12-8-11(16)2-3-13(12)19/h2-3,8,10,19H,4-7,9,17H2,1H3,(H,18,20). The lowest BCUT2D eigenvalue weighted by atomic mass is 9.77.